The zero-order valence-electron chi connectivity index (χ0n) is 13.5. The number of phenols is 1. The highest BCUT2D eigenvalue weighted by Crippen LogP contribution is 2.42. The maximum absolute atomic E-state index is 14.1. The summed E-state index contributed by atoms with van der Waals surface area (Å²) in [6, 6.07) is 9.68. The van der Waals surface area contributed by atoms with Crippen molar-refractivity contribution in [1.29, 1.82) is 0 Å². The van der Waals surface area contributed by atoms with Crippen LogP contribution in [0.5, 0.6) is 5.75 Å². The monoisotopic (exact) mass is 345 g/mol. The third-order valence-electron chi connectivity index (χ3n) is 5.06. The summed E-state index contributed by atoms with van der Waals surface area (Å²) in [5.74, 6) is -3.71. The molecule has 0 bridgehead atoms. The van der Waals surface area contributed by atoms with Gasteiger partial charge in [-0.2, -0.15) is 0 Å². The number of ether oxygens (including phenoxy) is 1. The first-order chi connectivity index (χ1) is 12.0. The lowest BCUT2D eigenvalue weighted by molar-refractivity contribution is -0.104. The summed E-state index contributed by atoms with van der Waals surface area (Å²) in [5.41, 5.74) is 0.855. The second-order valence-corrected chi connectivity index (χ2v) is 6.48. The molecule has 4 nitrogen and oxygen atoms in total. The van der Waals surface area contributed by atoms with E-state index in [4.69, 9.17) is 4.74 Å². The topological polar surface area (TPSA) is 49.8 Å². The Labute approximate surface area is 143 Å². The van der Waals surface area contributed by atoms with Crippen molar-refractivity contribution >= 4 is 5.91 Å². The number of aryl methyl sites for hydroxylation is 1. The number of morpholine rings is 1. The van der Waals surface area contributed by atoms with Gasteiger partial charge in [-0.05, 0) is 36.1 Å². The van der Waals surface area contributed by atoms with Crippen LogP contribution >= 0.6 is 0 Å². The zero-order chi connectivity index (χ0) is 17.6. The molecule has 1 aliphatic carbocycles. The average Bonchev–Trinajstić information content (AvgIpc) is 2.97. The molecule has 130 valence electrons. The van der Waals surface area contributed by atoms with Crippen molar-refractivity contribution in [3.05, 3.63) is 64.7 Å². The molecule has 0 radical (unpaired) electrons. The van der Waals surface area contributed by atoms with Gasteiger partial charge in [0.25, 0.3) is 5.91 Å². The Hall–Kier alpha value is -2.47. The second kappa shape index (κ2) is 5.81. The quantitative estimate of drug-likeness (QED) is 0.864. The van der Waals surface area contributed by atoms with E-state index in [1.165, 1.54) is 10.5 Å². The number of carbonyl (C=O) groups excluding carboxylic acids is 1. The second-order valence-electron chi connectivity index (χ2n) is 6.48. The number of phenolic OH excluding ortho intramolecular Hbond substituents is 1. The minimum absolute atomic E-state index is 0.234. The lowest BCUT2D eigenvalue weighted by Gasteiger charge is -2.41. The Morgan fingerprint density at radius 1 is 1.20 bits per heavy atom. The number of fused-ring (bicyclic) bond motifs is 2. The van der Waals surface area contributed by atoms with E-state index in [9.17, 15) is 18.7 Å². The number of amides is 1. The molecule has 1 N–H and O–H groups in total. The van der Waals surface area contributed by atoms with Gasteiger partial charge in [-0.3, -0.25) is 4.79 Å². The van der Waals surface area contributed by atoms with Crippen molar-refractivity contribution < 1.29 is 23.4 Å². The summed E-state index contributed by atoms with van der Waals surface area (Å²) in [4.78, 5) is 14.1. The summed E-state index contributed by atoms with van der Waals surface area (Å²) in [6.07, 6.45) is 1.56. The van der Waals surface area contributed by atoms with Crippen LogP contribution in [0.4, 0.5) is 8.78 Å². The van der Waals surface area contributed by atoms with Crippen molar-refractivity contribution in [2.75, 3.05) is 19.7 Å². The Bertz CT molecular complexity index is 851. The lowest BCUT2D eigenvalue weighted by atomic mass is 9.93. The fourth-order valence-electron chi connectivity index (χ4n) is 3.82. The van der Waals surface area contributed by atoms with Crippen LogP contribution in [0.15, 0.2) is 36.4 Å². The molecule has 1 spiro atoms. The van der Waals surface area contributed by atoms with E-state index in [0.29, 0.717) is 6.61 Å². The molecule has 1 aliphatic heterocycles. The maximum atomic E-state index is 14.1. The number of carbonyl (C=O) groups is 1. The standard InChI is InChI=1S/C19H17F2NO3/c20-14-5-6-15(23)17(21)16(14)18(24)22-9-10-25-19(11-22)8-7-12-3-1-2-4-13(12)19/h1-6,23H,7-11H2/t19-/m0/s1. The predicted octanol–water partition coefficient (Wildman–Crippen LogP) is 2.98. The maximum Gasteiger partial charge on any atom is 0.260 e. The Balaban J connectivity index is 1.67. The van der Waals surface area contributed by atoms with Crippen molar-refractivity contribution in [2.24, 2.45) is 0 Å². The minimum atomic E-state index is -1.22. The summed E-state index contributed by atoms with van der Waals surface area (Å²) >= 11 is 0. The number of nitrogens with zero attached hydrogens (tertiary/aromatic N) is 1. The van der Waals surface area contributed by atoms with E-state index in [1.807, 2.05) is 24.3 Å². The third-order valence-corrected chi connectivity index (χ3v) is 5.06. The summed E-state index contributed by atoms with van der Waals surface area (Å²) in [7, 11) is 0. The average molecular weight is 345 g/mol. The van der Waals surface area contributed by atoms with Gasteiger partial charge < -0.3 is 14.7 Å². The van der Waals surface area contributed by atoms with Gasteiger partial charge in [0.1, 0.15) is 17.0 Å². The Morgan fingerprint density at radius 2 is 2.00 bits per heavy atom. The number of hydrogen-bond acceptors (Lipinski definition) is 3. The molecule has 2 aromatic rings. The van der Waals surface area contributed by atoms with Crippen molar-refractivity contribution in [2.45, 2.75) is 18.4 Å². The molecular weight excluding hydrogens is 328 g/mol. The van der Waals surface area contributed by atoms with Gasteiger partial charge in [0.05, 0.1) is 13.2 Å². The third kappa shape index (κ3) is 2.48. The number of benzene rings is 2. The first kappa shape index (κ1) is 16.0. The van der Waals surface area contributed by atoms with Crippen LogP contribution in [0.25, 0.3) is 0 Å². The molecule has 6 heteroatoms. The molecule has 4 rings (SSSR count). The van der Waals surface area contributed by atoms with Gasteiger partial charge in [0.15, 0.2) is 11.6 Å². The van der Waals surface area contributed by atoms with Crippen molar-refractivity contribution in [1.82, 2.24) is 4.90 Å². The molecule has 2 aromatic carbocycles. The molecule has 1 amide bonds. The molecular formula is C19H17F2NO3. The fraction of sp³-hybridized carbons (Fsp3) is 0.316. The number of halogens is 2. The highest BCUT2D eigenvalue weighted by molar-refractivity contribution is 5.95. The van der Waals surface area contributed by atoms with E-state index in [2.05, 4.69) is 0 Å². The smallest absolute Gasteiger partial charge is 0.260 e. The fourth-order valence-corrected chi connectivity index (χ4v) is 3.82. The molecule has 0 unspecified atom stereocenters. The summed E-state index contributed by atoms with van der Waals surface area (Å²) in [5, 5.41) is 9.47. The largest absolute Gasteiger partial charge is 0.505 e. The molecule has 1 fully saturated rings. The van der Waals surface area contributed by atoms with E-state index < -0.39 is 34.5 Å². The highest BCUT2D eigenvalue weighted by Gasteiger charge is 2.45. The highest BCUT2D eigenvalue weighted by atomic mass is 19.1. The van der Waals surface area contributed by atoms with Gasteiger partial charge in [-0.1, -0.05) is 24.3 Å². The molecule has 0 aromatic heterocycles. The molecule has 25 heavy (non-hydrogen) atoms. The Morgan fingerprint density at radius 3 is 2.84 bits per heavy atom. The van der Waals surface area contributed by atoms with Crippen molar-refractivity contribution in [3.63, 3.8) is 0 Å². The van der Waals surface area contributed by atoms with Crippen LogP contribution in [0.3, 0.4) is 0 Å². The number of rotatable bonds is 1. The zero-order valence-corrected chi connectivity index (χ0v) is 13.5. The summed E-state index contributed by atoms with van der Waals surface area (Å²) < 4.78 is 34.1. The van der Waals surface area contributed by atoms with Gasteiger partial charge in [-0.15, -0.1) is 0 Å². The van der Waals surface area contributed by atoms with Crippen LogP contribution in [0.1, 0.15) is 27.9 Å². The van der Waals surface area contributed by atoms with Gasteiger partial charge in [0, 0.05) is 6.54 Å². The van der Waals surface area contributed by atoms with Crippen LogP contribution in [0, 0.1) is 11.6 Å². The Kier molecular flexibility index (Phi) is 3.72. The first-order valence-electron chi connectivity index (χ1n) is 8.20. The van der Waals surface area contributed by atoms with Gasteiger partial charge in [-0.25, -0.2) is 8.78 Å². The predicted molar refractivity (Wildman–Crippen MR) is 86.3 cm³/mol. The van der Waals surface area contributed by atoms with Crippen LogP contribution in [-0.2, 0) is 16.8 Å². The number of hydrogen-bond donors (Lipinski definition) is 1. The first-order valence-corrected chi connectivity index (χ1v) is 8.20. The van der Waals surface area contributed by atoms with Crippen molar-refractivity contribution in [3.8, 4) is 5.75 Å². The van der Waals surface area contributed by atoms with Gasteiger partial charge >= 0.3 is 0 Å². The molecule has 2 aliphatic rings. The van der Waals surface area contributed by atoms with E-state index in [0.717, 1.165) is 30.5 Å². The lowest BCUT2D eigenvalue weighted by Crippen LogP contribution is -2.51. The van der Waals surface area contributed by atoms with E-state index >= 15 is 0 Å². The molecule has 0 saturated carbocycles. The van der Waals surface area contributed by atoms with Gasteiger partial charge in [0.2, 0.25) is 0 Å². The molecule has 1 atom stereocenters. The van der Waals surface area contributed by atoms with Crippen LogP contribution < -0.4 is 0 Å². The van der Waals surface area contributed by atoms with Crippen LogP contribution in [-0.4, -0.2) is 35.6 Å². The molecule has 1 saturated heterocycles. The normalized spacial score (nSPS) is 22.2. The number of aromatic hydroxyl groups is 1. The summed E-state index contributed by atoms with van der Waals surface area (Å²) in [6.45, 7) is 0.775. The van der Waals surface area contributed by atoms with E-state index in [-0.39, 0.29) is 13.1 Å². The van der Waals surface area contributed by atoms with Crippen LogP contribution in [0.2, 0.25) is 0 Å². The van der Waals surface area contributed by atoms with E-state index in [1.54, 1.807) is 0 Å². The SMILES string of the molecule is O=C(c1c(F)ccc(O)c1F)N1CCO[C@@]2(CCc3ccccc32)C1. The minimum Gasteiger partial charge on any atom is -0.505 e. The molecule has 1 heterocycles.